The van der Waals surface area contributed by atoms with E-state index >= 15 is 4.79 Å². The third kappa shape index (κ3) is 7.13. The van der Waals surface area contributed by atoms with Crippen LogP contribution in [0.25, 0.3) is 0 Å². The Kier molecular flexibility index (Phi) is 12.1. The Labute approximate surface area is 424 Å². The number of hydrogen-bond donors (Lipinski definition) is 1. The van der Waals surface area contributed by atoms with Crippen molar-refractivity contribution < 1.29 is 28.8 Å². The number of nitriles is 2. The standard InChI is InChI=1S/C62H81N3O6/c1-13-65-53(71)62-26-24-55(6,33-45(62)50-47(68)29-49-56(7)30-39(34-63)51(69)36(2)42(56)17-22-60(49,11)61(50,12)25-27-62)32-41-43-18-23-59(10)48(57(43,8)31-40(35-64)52(41)70)28-46(67)44-16-20-54(4,5)19-14-38(37(3)66)15-21-58(44,59)9/h28-31,38,41,43-45,50H,13-27,32-33H2,1-12H3,(H,65,71)/t38-,41-,43-,44?,45?,50?,55?,56-,57-,58+,59+,60+,61+,62-/m0/s1. The van der Waals surface area contributed by atoms with E-state index in [0.29, 0.717) is 57.1 Å². The van der Waals surface area contributed by atoms with Gasteiger partial charge in [-0.25, -0.2) is 0 Å². The summed E-state index contributed by atoms with van der Waals surface area (Å²) in [5.41, 5.74) is -0.711. The highest BCUT2D eigenvalue weighted by Crippen LogP contribution is 2.75. The maximum atomic E-state index is 15.4. The number of nitrogens with one attached hydrogen (secondary N) is 1. The summed E-state index contributed by atoms with van der Waals surface area (Å²) < 4.78 is 0. The maximum Gasteiger partial charge on any atom is 0.226 e. The average Bonchev–Trinajstić information content (AvgIpc) is 3.30. The van der Waals surface area contributed by atoms with Gasteiger partial charge in [0.2, 0.25) is 5.91 Å². The summed E-state index contributed by atoms with van der Waals surface area (Å²) in [4.78, 5) is 86.6. The lowest BCUT2D eigenvalue weighted by atomic mass is 9.35. The molecule has 0 spiro atoms. The highest BCUT2D eigenvalue weighted by molar-refractivity contribution is 6.13. The van der Waals surface area contributed by atoms with Crippen LogP contribution >= 0.6 is 0 Å². The van der Waals surface area contributed by atoms with Crippen molar-refractivity contribution in [3.63, 3.8) is 0 Å². The lowest BCUT2D eigenvalue weighted by molar-refractivity contribution is -0.177. The van der Waals surface area contributed by atoms with Crippen molar-refractivity contribution in [2.45, 2.75) is 186 Å². The minimum atomic E-state index is -0.775. The summed E-state index contributed by atoms with van der Waals surface area (Å²) >= 11 is 0. The number of fused-ring (bicyclic) bond motifs is 12. The number of amides is 1. The topological polar surface area (TPSA) is 162 Å². The Morgan fingerprint density at radius 3 is 2.00 bits per heavy atom. The molecule has 9 aliphatic carbocycles. The largest absolute Gasteiger partial charge is 0.356 e. The van der Waals surface area contributed by atoms with Gasteiger partial charge in [0.1, 0.15) is 17.9 Å². The highest BCUT2D eigenvalue weighted by atomic mass is 16.2. The minimum Gasteiger partial charge on any atom is -0.356 e. The van der Waals surface area contributed by atoms with Crippen LogP contribution < -0.4 is 5.32 Å². The summed E-state index contributed by atoms with van der Waals surface area (Å²) in [6.45, 7) is 26.2. The van der Waals surface area contributed by atoms with E-state index < -0.39 is 55.2 Å². The molecule has 0 radical (unpaired) electrons. The van der Waals surface area contributed by atoms with Gasteiger partial charge in [0, 0.05) is 41.0 Å². The van der Waals surface area contributed by atoms with E-state index in [2.05, 4.69) is 79.8 Å². The number of allylic oxidation sites excluding steroid dienone is 10. The lowest BCUT2D eigenvalue weighted by Crippen LogP contribution is -2.65. The Balaban J connectivity index is 1.10. The maximum absolute atomic E-state index is 15.4. The van der Waals surface area contributed by atoms with Gasteiger partial charge in [-0.1, -0.05) is 67.0 Å². The SMILES string of the molecule is CCNC(=O)[C@]12CCC(C)(C[C@@H]3C(=O)C(C#N)=C[C@]4(C)C5=CC(=O)C6CCC(C)(C)CC[C@H](C(C)=O)CC[C@@]6(C)[C@]5(C)CC[C@@H]34)CC1C1C(=O)C=C3[C@@]4(C)C=C(C#N)C(=O)C(C)=C4CC[C@@]3(C)[C@]1(C)CC2. The van der Waals surface area contributed by atoms with Crippen molar-refractivity contribution >= 4 is 34.8 Å². The van der Waals surface area contributed by atoms with E-state index in [-0.39, 0.29) is 75.1 Å². The number of nitrogens with zero attached hydrogens (tertiary/aromatic N) is 2. The molecule has 0 saturated heterocycles. The predicted octanol–water partition coefficient (Wildman–Crippen LogP) is 12.2. The van der Waals surface area contributed by atoms with Crippen LogP contribution in [-0.2, 0) is 28.8 Å². The fraction of sp³-hybridized carbons (Fsp3) is 0.710. The normalized spacial score (nSPS) is 44.9. The summed E-state index contributed by atoms with van der Waals surface area (Å²) in [6, 6.07) is 4.50. The Bertz CT molecular complexity index is 2680. The molecule has 9 rings (SSSR count). The number of ketones is 5. The molecule has 0 aromatic heterocycles. The molecule has 9 heteroatoms. The summed E-state index contributed by atoms with van der Waals surface area (Å²) in [5, 5.41) is 24.2. The number of hydrogen-bond acceptors (Lipinski definition) is 8. The van der Waals surface area contributed by atoms with E-state index in [1.165, 1.54) is 0 Å². The van der Waals surface area contributed by atoms with Gasteiger partial charge in [0.25, 0.3) is 0 Å². The number of carbonyl (C=O) groups excluding carboxylic acids is 6. The average molecular weight is 964 g/mol. The van der Waals surface area contributed by atoms with Gasteiger partial charge in [-0.05, 0) is 210 Å². The molecule has 4 unspecified atom stereocenters. The Hall–Kier alpha value is -4.50. The zero-order chi connectivity index (χ0) is 51.9. The molecular weight excluding hydrogens is 883 g/mol. The van der Waals surface area contributed by atoms with Crippen molar-refractivity contribution in [3.8, 4) is 12.1 Å². The van der Waals surface area contributed by atoms with Gasteiger partial charge >= 0.3 is 0 Å². The zero-order valence-corrected chi connectivity index (χ0v) is 45.1. The zero-order valence-electron chi connectivity index (χ0n) is 45.1. The highest BCUT2D eigenvalue weighted by Gasteiger charge is 2.71. The molecule has 5 fully saturated rings. The van der Waals surface area contributed by atoms with E-state index in [1.54, 1.807) is 6.92 Å². The first-order chi connectivity index (χ1) is 33.1. The molecule has 380 valence electrons. The van der Waals surface area contributed by atoms with E-state index in [1.807, 2.05) is 38.2 Å². The number of rotatable bonds is 5. The van der Waals surface area contributed by atoms with Crippen LogP contribution in [0.2, 0.25) is 0 Å². The molecule has 0 aromatic rings. The van der Waals surface area contributed by atoms with Crippen molar-refractivity contribution in [1.82, 2.24) is 5.32 Å². The third-order valence-electron chi connectivity index (χ3n) is 23.5. The van der Waals surface area contributed by atoms with Crippen molar-refractivity contribution in [1.29, 1.82) is 10.5 Å². The van der Waals surface area contributed by atoms with Crippen LogP contribution in [0.4, 0.5) is 0 Å². The van der Waals surface area contributed by atoms with Gasteiger partial charge in [0.05, 0.1) is 16.6 Å². The third-order valence-corrected chi connectivity index (χ3v) is 23.5. The number of Topliss-reactive ketones (excluding diaryl/α,β-unsaturated/α-hetero) is 3. The fourth-order valence-electron chi connectivity index (χ4n) is 18.7. The second-order valence-corrected chi connectivity index (χ2v) is 27.3. The van der Waals surface area contributed by atoms with E-state index in [9.17, 15) is 34.5 Å². The van der Waals surface area contributed by atoms with Gasteiger partial charge in [-0.15, -0.1) is 0 Å². The molecule has 14 atom stereocenters. The van der Waals surface area contributed by atoms with Crippen LogP contribution in [0.1, 0.15) is 186 Å². The first-order valence-electron chi connectivity index (χ1n) is 27.5. The molecule has 1 amide bonds. The summed E-state index contributed by atoms with van der Waals surface area (Å²) in [6.07, 6.45) is 19.2. The molecule has 9 nitrogen and oxygen atoms in total. The molecular formula is C62H81N3O6. The van der Waals surface area contributed by atoms with Crippen LogP contribution in [-0.4, -0.2) is 41.4 Å². The Morgan fingerprint density at radius 1 is 0.704 bits per heavy atom. The van der Waals surface area contributed by atoms with Gasteiger partial charge < -0.3 is 5.32 Å². The minimum absolute atomic E-state index is 0.00237. The molecule has 0 aliphatic heterocycles. The monoisotopic (exact) mass is 964 g/mol. The number of carbonyl (C=O) groups is 6. The van der Waals surface area contributed by atoms with E-state index in [4.69, 9.17) is 0 Å². The van der Waals surface area contributed by atoms with Crippen LogP contribution in [0.15, 0.2) is 57.7 Å². The van der Waals surface area contributed by atoms with Gasteiger partial charge in [-0.3, -0.25) is 28.8 Å². The fourth-order valence-corrected chi connectivity index (χ4v) is 18.7. The molecule has 0 bridgehead atoms. The summed E-state index contributed by atoms with van der Waals surface area (Å²) in [5.74, 6) is -1.69. The first kappa shape index (κ1) is 51.4. The van der Waals surface area contributed by atoms with Gasteiger partial charge in [-0.2, -0.15) is 10.5 Å². The quantitative estimate of drug-likeness (QED) is 0.285. The smallest absolute Gasteiger partial charge is 0.226 e. The molecule has 1 N–H and O–H groups in total. The van der Waals surface area contributed by atoms with Gasteiger partial charge in [0.15, 0.2) is 23.1 Å². The first-order valence-corrected chi connectivity index (χ1v) is 27.5. The van der Waals surface area contributed by atoms with Crippen molar-refractivity contribution in [2.75, 3.05) is 6.54 Å². The molecule has 9 aliphatic rings. The van der Waals surface area contributed by atoms with Crippen molar-refractivity contribution in [3.05, 3.63) is 57.7 Å². The Morgan fingerprint density at radius 2 is 1.34 bits per heavy atom. The second kappa shape index (κ2) is 16.8. The lowest BCUT2D eigenvalue weighted by Gasteiger charge is -2.68. The second-order valence-electron chi connectivity index (χ2n) is 27.3. The molecule has 5 saturated carbocycles. The summed E-state index contributed by atoms with van der Waals surface area (Å²) in [7, 11) is 0. The van der Waals surface area contributed by atoms with Crippen LogP contribution in [0.3, 0.4) is 0 Å². The molecule has 0 heterocycles. The molecule has 0 aromatic carbocycles. The predicted molar refractivity (Wildman–Crippen MR) is 273 cm³/mol. The molecule has 71 heavy (non-hydrogen) atoms. The van der Waals surface area contributed by atoms with Crippen LogP contribution in [0.5, 0.6) is 0 Å². The van der Waals surface area contributed by atoms with Crippen LogP contribution in [0, 0.1) is 107 Å². The van der Waals surface area contributed by atoms with E-state index in [0.717, 1.165) is 74.5 Å². The van der Waals surface area contributed by atoms with Crippen molar-refractivity contribution in [2.24, 2.45) is 84.2 Å².